The second-order valence-corrected chi connectivity index (χ2v) is 9.87. The zero-order valence-electron chi connectivity index (χ0n) is 13.1. The molecule has 0 spiro atoms. The Hall–Kier alpha value is -0.130. The van der Waals surface area contributed by atoms with Gasteiger partial charge in [-0.25, -0.2) is 12.7 Å². The van der Waals surface area contributed by atoms with Crippen LogP contribution >= 0.6 is 0 Å². The Kier molecular flexibility index (Phi) is 4.53. The molecule has 2 atom stereocenters. The number of nitrogens with zero attached hydrogens (tertiary/aromatic N) is 1. The summed E-state index contributed by atoms with van der Waals surface area (Å²) in [5.41, 5.74) is -0.567. The smallest absolute Gasteiger partial charge is 0.214 e. The van der Waals surface area contributed by atoms with E-state index in [4.69, 9.17) is 0 Å². The summed E-state index contributed by atoms with van der Waals surface area (Å²) in [7, 11) is -3.17. The fraction of sp³-hybridized carbons (Fsp3) is 1.00. The van der Waals surface area contributed by atoms with E-state index >= 15 is 0 Å². The summed E-state index contributed by atoms with van der Waals surface area (Å²) >= 11 is 0. The van der Waals surface area contributed by atoms with Crippen molar-refractivity contribution in [3.05, 3.63) is 0 Å². The molecule has 1 aliphatic carbocycles. The van der Waals surface area contributed by atoms with Gasteiger partial charge in [0.05, 0.1) is 11.4 Å². The average Bonchev–Trinajstić information content (AvgIpc) is 2.34. The second-order valence-electron chi connectivity index (χ2n) is 7.78. The third-order valence-electron chi connectivity index (χ3n) is 4.89. The number of fused-ring (bicyclic) bond motifs is 1. The molecule has 0 aromatic heterocycles. The van der Waals surface area contributed by atoms with Crippen molar-refractivity contribution in [1.29, 1.82) is 0 Å². The molecular formula is C15H29NO3S. The van der Waals surface area contributed by atoms with Crippen LogP contribution in [0.5, 0.6) is 0 Å². The van der Waals surface area contributed by atoms with Crippen molar-refractivity contribution in [3.8, 4) is 0 Å². The minimum atomic E-state index is -3.17. The lowest BCUT2D eigenvalue weighted by molar-refractivity contribution is -0.0816. The predicted octanol–water partition coefficient (Wildman–Crippen LogP) is 2.38. The molecule has 2 rings (SSSR count). The van der Waals surface area contributed by atoms with Gasteiger partial charge in [0.15, 0.2) is 0 Å². The molecular weight excluding hydrogens is 274 g/mol. The number of hydrogen-bond donors (Lipinski definition) is 1. The standard InChI is InChI=1S/C15H29NO3S/c1-14(2,3)9-11-20(18,19)16-10-8-15(17)7-5-4-6-13(15)12-16/h13,17H,4-12H2,1-3H3. The van der Waals surface area contributed by atoms with Gasteiger partial charge >= 0.3 is 0 Å². The summed E-state index contributed by atoms with van der Waals surface area (Å²) < 4.78 is 26.5. The van der Waals surface area contributed by atoms with Crippen LogP contribution in [0.15, 0.2) is 0 Å². The Bertz CT molecular complexity index is 441. The van der Waals surface area contributed by atoms with Crippen molar-refractivity contribution in [1.82, 2.24) is 4.31 Å². The number of hydrogen-bond acceptors (Lipinski definition) is 3. The first-order valence-corrected chi connectivity index (χ1v) is 9.44. The SMILES string of the molecule is CC(C)(C)CCS(=O)(=O)N1CCC2(O)CCCCC2C1. The third-order valence-corrected chi connectivity index (χ3v) is 6.73. The van der Waals surface area contributed by atoms with Crippen LogP contribution in [0.1, 0.15) is 59.3 Å². The predicted molar refractivity (Wildman–Crippen MR) is 81.0 cm³/mol. The zero-order valence-corrected chi connectivity index (χ0v) is 13.9. The van der Waals surface area contributed by atoms with Crippen molar-refractivity contribution < 1.29 is 13.5 Å². The van der Waals surface area contributed by atoms with E-state index in [9.17, 15) is 13.5 Å². The zero-order chi connectivity index (χ0) is 15.0. The lowest BCUT2D eigenvalue weighted by atomic mass is 9.72. The van der Waals surface area contributed by atoms with Crippen molar-refractivity contribution >= 4 is 10.0 Å². The van der Waals surface area contributed by atoms with Crippen molar-refractivity contribution in [2.75, 3.05) is 18.8 Å². The highest BCUT2D eigenvalue weighted by Crippen LogP contribution is 2.40. The van der Waals surface area contributed by atoms with E-state index in [0.717, 1.165) is 25.7 Å². The van der Waals surface area contributed by atoms with Gasteiger partial charge in [-0.05, 0) is 31.1 Å². The molecule has 5 heteroatoms. The molecule has 1 saturated carbocycles. The van der Waals surface area contributed by atoms with Crippen LogP contribution < -0.4 is 0 Å². The van der Waals surface area contributed by atoms with E-state index < -0.39 is 15.6 Å². The summed E-state index contributed by atoms with van der Waals surface area (Å²) in [4.78, 5) is 0. The van der Waals surface area contributed by atoms with Crippen LogP contribution in [0.2, 0.25) is 0 Å². The molecule has 2 unspecified atom stereocenters. The highest BCUT2D eigenvalue weighted by atomic mass is 32.2. The molecule has 4 nitrogen and oxygen atoms in total. The maximum atomic E-state index is 12.5. The number of aliphatic hydroxyl groups is 1. The van der Waals surface area contributed by atoms with Gasteiger partial charge in [0.25, 0.3) is 0 Å². The Morgan fingerprint density at radius 3 is 2.60 bits per heavy atom. The molecule has 1 aliphatic heterocycles. The van der Waals surface area contributed by atoms with Gasteiger partial charge in [0.1, 0.15) is 0 Å². The Balaban J connectivity index is 2.00. The van der Waals surface area contributed by atoms with E-state index in [1.54, 1.807) is 4.31 Å². The number of piperidine rings is 1. The van der Waals surface area contributed by atoms with Gasteiger partial charge < -0.3 is 5.11 Å². The number of rotatable bonds is 3. The molecule has 2 aliphatic rings. The molecule has 0 aromatic rings. The van der Waals surface area contributed by atoms with Gasteiger partial charge in [-0.1, -0.05) is 33.6 Å². The molecule has 0 amide bonds. The normalized spacial score (nSPS) is 32.9. The quantitative estimate of drug-likeness (QED) is 0.871. The Morgan fingerprint density at radius 1 is 1.25 bits per heavy atom. The monoisotopic (exact) mass is 303 g/mol. The number of sulfonamides is 1. The molecule has 20 heavy (non-hydrogen) atoms. The first-order valence-electron chi connectivity index (χ1n) is 7.83. The molecule has 2 fully saturated rings. The first-order chi connectivity index (χ1) is 9.12. The van der Waals surface area contributed by atoms with Crippen LogP contribution in [0.25, 0.3) is 0 Å². The van der Waals surface area contributed by atoms with Crippen LogP contribution in [-0.2, 0) is 10.0 Å². The molecule has 1 N–H and O–H groups in total. The summed E-state index contributed by atoms with van der Waals surface area (Å²) in [6, 6.07) is 0. The first kappa shape index (κ1) is 16.2. The minimum Gasteiger partial charge on any atom is -0.390 e. The van der Waals surface area contributed by atoms with Crippen LogP contribution in [0.4, 0.5) is 0 Å². The van der Waals surface area contributed by atoms with E-state index in [2.05, 4.69) is 20.8 Å². The van der Waals surface area contributed by atoms with Gasteiger partial charge in [-0.2, -0.15) is 0 Å². The summed E-state index contributed by atoms with van der Waals surface area (Å²) in [6.07, 6.45) is 5.27. The van der Waals surface area contributed by atoms with Crippen LogP contribution in [0, 0.1) is 11.3 Å². The maximum absolute atomic E-state index is 12.5. The van der Waals surface area contributed by atoms with E-state index in [1.165, 1.54) is 0 Å². The van der Waals surface area contributed by atoms with Gasteiger partial charge in [0.2, 0.25) is 10.0 Å². The highest BCUT2D eigenvalue weighted by Gasteiger charge is 2.45. The van der Waals surface area contributed by atoms with Crippen LogP contribution in [0.3, 0.4) is 0 Å². The summed E-state index contributed by atoms with van der Waals surface area (Å²) in [5, 5.41) is 10.6. The van der Waals surface area contributed by atoms with Gasteiger partial charge in [0, 0.05) is 19.0 Å². The van der Waals surface area contributed by atoms with Crippen LogP contribution in [-0.4, -0.2) is 42.3 Å². The molecule has 0 bridgehead atoms. The second kappa shape index (κ2) is 5.58. The van der Waals surface area contributed by atoms with Crippen molar-refractivity contribution in [2.24, 2.45) is 11.3 Å². The largest absolute Gasteiger partial charge is 0.390 e. The fourth-order valence-corrected chi connectivity index (χ4v) is 5.26. The van der Waals surface area contributed by atoms with Gasteiger partial charge in [-0.3, -0.25) is 0 Å². The average molecular weight is 303 g/mol. The summed E-state index contributed by atoms with van der Waals surface area (Å²) in [5.74, 6) is 0.358. The van der Waals surface area contributed by atoms with Crippen molar-refractivity contribution in [3.63, 3.8) is 0 Å². The van der Waals surface area contributed by atoms with Crippen molar-refractivity contribution in [2.45, 2.75) is 64.9 Å². The molecule has 1 saturated heterocycles. The van der Waals surface area contributed by atoms with E-state index in [-0.39, 0.29) is 17.1 Å². The highest BCUT2D eigenvalue weighted by molar-refractivity contribution is 7.89. The minimum absolute atomic E-state index is 0.0361. The third kappa shape index (κ3) is 3.74. The summed E-state index contributed by atoms with van der Waals surface area (Å²) in [6.45, 7) is 7.21. The lowest BCUT2D eigenvalue weighted by Crippen LogP contribution is -2.55. The molecule has 0 radical (unpaired) electrons. The molecule has 1 heterocycles. The molecule has 0 aromatic carbocycles. The van der Waals surface area contributed by atoms with Gasteiger partial charge in [-0.15, -0.1) is 0 Å². The lowest BCUT2D eigenvalue weighted by Gasteiger charge is -2.46. The Labute approximate surface area is 123 Å². The van der Waals surface area contributed by atoms with E-state index in [1.807, 2.05) is 0 Å². The topological polar surface area (TPSA) is 57.6 Å². The Morgan fingerprint density at radius 2 is 1.95 bits per heavy atom. The molecule has 118 valence electrons. The fourth-order valence-electron chi connectivity index (χ4n) is 3.36. The van der Waals surface area contributed by atoms with E-state index in [0.29, 0.717) is 25.9 Å². The maximum Gasteiger partial charge on any atom is 0.214 e.